The molecule has 238 valence electrons. The van der Waals surface area contributed by atoms with E-state index in [1.807, 2.05) is 0 Å². The molecule has 0 nitrogen and oxygen atoms in total. The molecule has 0 amide bonds. The van der Waals surface area contributed by atoms with E-state index in [0.717, 1.165) is 19.3 Å². The van der Waals surface area contributed by atoms with Crippen LogP contribution in [0.5, 0.6) is 0 Å². The predicted octanol–water partition coefficient (Wildman–Crippen LogP) is 5.69. The molecule has 2 aliphatic rings. The van der Waals surface area contributed by atoms with Gasteiger partial charge in [-0.2, -0.15) is 0 Å². The number of benzene rings is 4. The fraction of sp³-hybridized carbons (Fsp3) is 0.293. The fourth-order valence-corrected chi connectivity index (χ4v) is 17.3. The van der Waals surface area contributed by atoms with E-state index in [1.54, 1.807) is 17.6 Å². The Balaban J connectivity index is 0.00000240. The third-order valence-corrected chi connectivity index (χ3v) is 18.8. The van der Waals surface area contributed by atoms with Crippen molar-refractivity contribution in [2.45, 2.75) is 75.3 Å². The van der Waals surface area contributed by atoms with Crippen molar-refractivity contribution in [2.24, 2.45) is 0 Å². The molecule has 0 aliphatic heterocycles. The van der Waals surface area contributed by atoms with Crippen molar-refractivity contribution >= 4 is 48.4 Å². The van der Waals surface area contributed by atoms with Gasteiger partial charge in [-0.25, -0.2) is 0 Å². The van der Waals surface area contributed by atoms with E-state index >= 15 is 0 Å². The summed E-state index contributed by atoms with van der Waals surface area (Å²) < 4.78 is 6.66. The largest absolute Gasteiger partial charge is 1.00 e. The Morgan fingerprint density at radius 2 is 1.15 bits per heavy atom. The van der Waals surface area contributed by atoms with E-state index in [9.17, 15) is 0 Å². The predicted molar refractivity (Wildman–Crippen MR) is 204 cm³/mol. The van der Waals surface area contributed by atoms with Crippen LogP contribution in [0.2, 0.25) is 0 Å². The van der Waals surface area contributed by atoms with Crippen molar-refractivity contribution in [1.29, 1.82) is 0 Å². The fourth-order valence-electron chi connectivity index (χ4n) is 6.80. The number of allylic oxidation sites excluding steroid dienone is 4. The van der Waals surface area contributed by atoms with Crippen molar-refractivity contribution in [3.63, 3.8) is 0 Å². The average molecular weight is 951 g/mol. The Labute approximate surface area is 324 Å². The third kappa shape index (κ3) is 8.29. The van der Waals surface area contributed by atoms with Gasteiger partial charge in [0.1, 0.15) is 0 Å². The summed E-state index contributed by atoms with van der Waals surface area (Å²) in [6.07, 6.45) is 10.5. The minimum absolute atomic E-state index is 0. The quantitative estimate of drug-likeness (QED) is 0.219. The molecular weight excluding hydrogens is 908 g/mol. The Bertz CT molecular complexity index is 1720. The average Bonchev–Trinajstić information content (AvgIpc) is 3.59. The van der Waals surface area contributed by atoms with Crippen molar-refractivity contribution in [2.75, 3.05) is 0 Å². The molecule has 0 atom stereocenters. The summed E-state index contributed by atoms with van der Waals surface area (Å²) in [4.78, 5) is 0. The molecule has 0 radical (unpaired) electrons. The molecule has 0 unspecified atom stereocenters. The van der Waals surface area contributed by atoms with E-state index in [0.29, 0.717) is 3.63 Å². The maximum absolute atomic E-state index is 2.54. The van der Waals surface area contributed by atoms with Crippen molar-refractivity contribution in [3.8, 4) is 11.1 Å². The Hall–Kier alpha value is -0.847. The minimum Gasteiger partial charge on any atom is -1.00 e. The van der Waals surface area contributed by atoms with Crippen LogP contribution in [0.15, 0.2) is 106 Å². The van der Waals surface area contributed by atoms with Gasteiger partial charge >= 0.3 is 303 Å². The first kappa shape index (κ1) is 38.0. The first-order valence-corrected chi connectivity index (χ1v) is 21.8. The molecule has 46 heavy (non-hydrogen) atoms. The number of hydrogen-bond acceptors (Lipinski definition) is 0. The maximum atomic E-state index is 2.54. The van der Waals surface area contributed by atoms with E-state index in [4.69, 9.17) is 0 Å². The van der Waals surface area contributed by atoms with Crippen LogP contribution in [0, 0.1) is 7.14 Å². The first-order valence-electron chi connectivity index (χ1n) is 15.7. The van der Waals surface area contributed by atoms with Gasteiger partial charge in [0.25, 0.3) is 0 Å². The summed E-state index contributed by atoms with van der Waals surface area (Å²) in [5.74, 6) is 0. The van der Waals surface area contributed by atoms with Crippen LogP contribution in [-0.2, 0) is 44.9 Å². The molecule has 0 N–H and O–H groups in total. The zero-order valence-electron chi connectivity index (χ0n) is 27.5. The monoisotopic (exact) mass is 948 g/mol. The Morgan fingerprint density at radius 1 is 0.674 bits per heavy atom. The van der Waals surface area contributed by atoms with E-state index in [-0.39, 0.29) is 35.6 Å². The van der Waals surface area contributed by atoms with Gasteiger partial charge in [0, 0.05) is 0 Å². The van der Waals surface area contributed by atoms with Gasteiger partial charge in [-0.3, -0.25) is 0 Å². The summed E-state index contributed by atoms with van der Waals surface area (Å²) in [7, 11) is 0. The molecule has 0 fully saturated rings. The van der Waals surface area contributed by atoms with E-state index in [1.165, 1.54) is 40.5 Å². The molecule has 0 saturated carbocycles. The zero-order chi connectivity index (χ0) is 31.2. The molecular formula is C41H42Cl2I2Zr. The van der Waals surface area contributed by atoms with Gasteiger partial charge in [0.2, 0.25) is 0 Å². The van der Waals surface area contributed by atoms with Gasteiger partial charge < -0.3 is 24.8 Å². The number of halogens is 4. The van der Waals surface area contributed by atoms with E-state index < -0.39 is 21.3 Å². The molecule has 0 saturated heterocycles. The van der Waals surface area contributed by atoms with Crippen LogP contribution >= 0.6 is 45.2 Å². The molecule has 4 aromatic rings. The molecule has 0 spiro atoms. The second kappa shape index (κ2) is 15.4. The molecule has 5 heteroatoms. The van der Waals surface area contributed by atoms with Gasteiger partial charge in [-0.05, 0) is 0 Å². The number of rotatable bonds is 6. The zero-order valence-corrected chi connectivity index (χ0v) is 35.8. The summed E-state index contributed by atoms with van der Waals surface area (Å²) >= 11 is 2.41. The second-order valence-electron chi connectivity index (χ2n) is 14.5. The number of hydrogen-bond donors (Lipinski definition) is 0. The van der Waals surface area contributed by atoms with Crippen molar-refractivity contribution in [1.82, 2.24) is 0 Å². The summed E-state index contributed by atoms with van der Waals surface area (Å²) in [6, 6.07) is 33.4. The first-order chi connectivity index (χ1) is 20.9. The summed E-state index contributed by atoms with van der Waals surface area (Å²) in [5.41, 5.74) is 12.1. The van der Waals surface area contributed by atoms with Crippen LogP contribution < -0.4 is 24.8 Å². The van der Waals surface area contributed by atoms with E-state index in [2.05, 4.69) is 190 Å². The van der Waals surface area contributed by atoms with Crippen LogP contribution in [0.1, 0.15) is 85.0 Å². The topological polar surface area (TPSA) is 0 Å². The Morgan fingerprint density at radius 3 is 1.54 bits per heavy atom. The smallest absolute Gasteiger partial charge is 1.00 e. The van der Waals surface area contributed by atoms with Gasteiger partial charge in [-0.15, -0.1) is 0 Å². The van der Waals surface area contributed by atoms with Crippen LogP contribution in [0.4, 0.5) is 0 Å². The SMILES string of the molecule is CC(C)(C)c1ccc2c(c1)-c1cc(C(C)(C)C)ccc1[CH]2[Zr+2]([C]1=CC=CC1)=[C](Cc1cccc(I)c1)Cc1cccc(I)c1.[Cl-].[Cl-]. The normalized spacial score (nSPS) is 13.6. The number of fused-ring (bicyclic) bond motifs is 3. The van der Waals surface area contributed by atoms with Crippen LogP contribution in [-0.4, -0.2) is 3.21 Å². The molecule has 0 aromatic heterocycles. The summed E-state index contributed by atoms with van der Waals surface area (Å²) in [5, 5.41) is 0. The van der Waals surface area contributed by atoms with Gasteiger partial charge in [0.15, 0.2) is 0 Å². The molecule has 6 rings (SSSR count). The van der Waals surface area contributed by atoms with Gasteiger partial charge in [0.05, 0.1) is 0 Å². The maximum Gasteiger partial charge on any atom is -1.00 e. The van der Waals surface area contributed by atoms with Crippen molar-refractivity contribution < 1.29 is 46.1 Å². The van der Waals surface area contributed by atoms with Crippen molar-refractivity contribution in [3.05, 3.63) is 147 Å². The van der Waals surface area contributed by atoms with Gasteiger partial charge in [-0.1, -0.05) is 0 Å². The molecule has 2 aliphatic carbocycles. The third-order valence-electron chi connectivity index (χ3n) is 9.15. The van der Waals surface area contributed by atoms with Crippen LogP contribution in [0.25, 0.3) is 11.1 Å². The Kier molecular flexibility index (Phi) is 12.7. The molecule has 0 heterocycles. The minimum atomic E-state index is -2.54. The molecule has 0 bridgehead atoms. The van der Waals surface area contributed by atoms with Crippen LogP contribution in [0.3, 0.4) is 0 Å². The standard InChI is InChI=1S/C21H25.C15H12I2.C5H5.2ClH.Zr/c1-20(2,3)16-9-7-14-11-15-8-10-17(21(4,5)6)13-19(15)18(14)12-16;16-14-8-2-6-12(10-14)4-1-5-13-7-3-9-15(17)11-13;1-2-4-5-3-1;;;/h7-13H,1-6H3;2-3,6-11H,4-5H2;1-3H,4H2;2*1H;/q;;;;;+2/p-2. The summed E-state index contributed by atoms with van der Waals surface area (Å²) in [6.45, 7) is 14.1. The molecule has 4 aromatic carbocycles. The second-order valence-corrected chi connectivity index (χ2v) is 23.8.